The van der Waals surface area contributed by atoms with E-state index in [0.717, 1.165) is 44.3 Å². The molecule has 0 saturated carbocycles. The van der Waals surface area contributed by atoms with Gasteiger partial charge in [0.1, 0.15) is 5.82 Å². The van der Waals surface area contributed by atoms with E-state index >= 15 is 0 Å². The van der Waals surface area contributed by atoms with Gasteiger partial charge in [-0.15, -0.1) is 0 Å². The Kier molecular flexibility index (Phi) is 4.21. The smallest absolute Gasteiger partial charge is 0.170 e. The Morgan fingerprint density at radius 1 is 1.30 bits per heavy atom. The van der Waals surface area contributed by atoms with Crippen molar-refractivity contribution in [3.63, 3.8) is 0 Å². The Morgan fingerprint density at radius 3 is 2.74 bits per heavy atom. The standard InChI is InChI=1S/C19H27FN2O/c1-18(2,3)5-6-19(7-9-21-12-19)17(23)14-10-13-4-8-22-16(13)15(20)11-14/h10-11,21-22H,4-9,12H2,1-3H3. The van der Waals surface area contributed by atoms with Crippen LogP contribution in [0.2, 0.25) is 0 Å². The van der Waals surface area contributed by atoms with Crippen LogP contribution in [0.15, 0.2) is 12.1 Å². The number of anilines is 1. The Balaban J connectivity index is 1.88. The molecule has 1 aromatic carbocycles. The summed E-state index contributed by atoms with van der Waals surface area (Å²) in [5.74, 6) is -0.180. The number of Topliss-reactive ketones (excluding diaryl/α,β-unsaturated/α-hetero) is 1. The Hall–Kier alpha value is -1.42. The summed E-state index contributed by atoms with van der Waals surface area (Å²) in [4.78, 5) is 13.2. The van der Waals surface area contributed by atoms with E-state index in [0.29, 0.717) is 17.8 Å². The second-order valence-electron chi connectivity index (χ2n) is 8.27. The predicted octanol–water partition coefficient (Wildman–Crippen LogP) is 3.78. The molecule has 0 aromatic heterocycles. The average molecular weight is 318 g/mol. The molecule has 3 nitrogen and oxygen atoms in total. The summed E-state index contributed by atoms with van der Waals surface area (Å²) in [5.41, 5.74) is 1.88. The zero-order valence-corrected chi connectivity index (χ0v) is 14.4. The van der Waals surface area contributed by atoms with Crippen molar-refractivity contribution >= 4 is 11.5 Å². The SMILES string of the molecule is CC(C)(C)CCC1(C(=O)c2cc(F)c3c(c2)CCN3)CCNC1. The molecule has 0 amide bonds. The lowest BCUT2D eigenvalue weighted by Crippen LogP contribution is -2.35. The highest BCUT2D eigenvalue weighted by Gasteiger charge is 2.42. The predicted molar refractivity (Wildman–Crippen MR) is 91.5 cm³/mol. The summed E-state index contributed by atoms with van der Waals surface area (Å²) in [6.07, 6.45) is 3.49. The van der Waals surface area contributed by atoms with Crippen molar-refractivity contribution in [1.29, 1.82) is 0 Å². The van der Waals surface area contributed by atoms with Crippen molar-refractivity contribution in [2.45, 2.75) is 46.5 Å². The van der Waals surface area contributed by atoms with Gasteiger partial charge >= 0.3 is 0 Å². The zero-order chi connectivity index (χ0) is 16.7. The van der Waals surface area contributed by atoms with Gasteiger partial charge in [-0.2, -0.15) is 0 Å². The molecule has 1 atom stereocenters. The molecular weight excluding hydrogens is 291 g/mol. The molecule has 1 fully saturated rings. The summed E-state index contributed by atoms with van der Waals surface area (Å²) >= 11 is 0. The summed E-state index contributed by atoms with van der Waals surface area (Å²) in [6, 6.07) is 3.33. The van der Waals surface area contributed by atoms with Crippen LogP contribution < -0.4 is 10.6 Å². The molecule has 23 heavy (non-hydrogen) atoms. The number of rotatable bonds is 4. The number of carbonyl (C=O) groups is 1. The Labute approximate surface area is 138 Å². The van der Waals surface area contributed by atoms with Crippen LogP contribution in [0.4, 0.5) is 10.1 Å². The van der Waals surface area contributed by atoms with Gasteiger partial charge in [-0.3, -0.25) is 4.79 Å². The van der Waals surface area contributed by atoms with Crippen LogP contribution in [0.5, 0.6) is 0 Å². The third-order valence-corrected chi connectivity index (χ3v) is 5.21. The summed E-state index contributed by atoms with van der Waals surface area (Å²) in [7, 11) is 0. The van der Waals surface area contributed by atoms with Gasteiger partial charge < -0.3 is 10.6 Å². The van der Waals surface area contributed by atoms with Crippen LogP contribution in [-0.4, -0.2) is 25.4 Å². The third kappa shape index (κ3) is 3.27. The fourth-order valence-corrected chi connectivity index (χ4v) is 3.70. The first-order valence-corrected chi connectivity index (χ1v) is 8.63. The monoisotopic (exact) mass is 318 g/mol. The lowest BCUT2D eigenvalue weighted by atomic mass is 9.72. The Bertz CT molecular complexity index is 613. The molecule has 0 radical (unpaired) electrons. The van der Waals surface area contributed by atoms with E-state index in [1.54, 1.807) is 0 Å². The van der Waals surface area contributed by atoms with Gasteiger partial charge in [-0.25, -0.2) is 4.39 Å². The van der Waals surface area contributed by atoms with Gasteiger partial charge in [0.25, 0.3) is 0 Å². The Morgan fingerprint density at radius 2 is 2.09 bits per heavy atom. The highest BCUT2D eigenvalue weighted by atomic mass is 19.1. The molecule has 2 aliphatic rings. The molecule has 1 aromatic rings. The van der Waals surface area contributed by atoms with Crippen molar-refractivity contribution < 1.29 is 9.18 Å². The second-order valence-corrected chi connectivity index (χ2v) is 8.27. The van der Waals surface area contributed by atoms with Crippen molar-refractivity contribution in [3.8, 4) is 0 Å². The minimum Gasteiger partial charge on any atom is -0.382 e. The molecule has 2 aliphatic heterocycles. The summed E-state index contributed by atoms with van der Waals surface area (Å²) < 4.78 is 14.3. The van der Waals surface area contributed by atoms with Crippen LogP contribution in [0.25, 0.3) is 0 Å². The first-order valence-electron chi connectivity index (χ1n) is 8.63. The van der Waals surface area contributed by atoms with E-state index in [2.05, 4.69) is 31.4 Å². The molecule has 0 aliphatic carbocycles. The average Bonchev–Trinajstić information content (AvgIpc) is 3.13. The number of fused-ring (bicyclic) bond motifs is 1. The van der Waals surface area contributed by atoms with Crippen molar-refractivity contribution in [2.75, 3.05) is 25.0 Å². The van der Waals surface area contributed by atoms with Gasteiger partial charge in [0.15, 0.2) is 5.78 Å². The molecule has 4 heteroatoms. The molecule has 1 saturated heterocycles. The van der Waals surface area contributed by atoms with Gasteiger partial charge in [0, 0.05) is 24.1 Å². The highest BCUT2D eigenvalue weighted by Crippen LogP contribution is 2.39. The lowest BCUT2D eigenvalue weighted by Gasteiger charge is -2.30. The normalized spacial score (nSPS) is 23.7. The maximum absolute atomic E-state index is 14.3. The molecule has 0 spiro atoms. The van der Waals surface area contributed by atoms with Crippen LogP contribution in [0.1, 0.15) is 56.0 Å². The van der Waals surface area contributed by atoms with E-state index in [1.165, 1.54) is 6.07 Å². The minimum atomic E-state index is -0.375. The largest absolute Gasteiger partial charge is 0.382 e. The fourth-order valence-electron chi connectivity index (χ4n) is 3.70. The molecule has 126 valence electrons. The van der Waals surface area contributed by atoms with E-state index in [1.807, 2.05) is 6.07 Å². The van der Waals surface area contributed by atoms with E-state index < -0.39 is 0 Å². The second kappa shape index (κ2) is 5.90. The van der Waals surface area contributed by atoms with Gasteiger partial charge in [-0.05, 0) is 55.3 Å². The van der Waals surface area contributed by atoms with E-state index in [9.17, 15) is 9.18 Å². The molecule has 0 bridgehead atoms. The van der Waals surface area contributed by atoms with Crippen molar-refractivity contribution in [2.24, 2.45) is 10.8 Å². The maximum atomic E-state index is 14.3. The molecular formula is C19H27FN2O. The van der Waals surface area contributed by atoms with Gasteiger partial charge in [-0.1, -0.05) is 20.8 Å². The number of halogens is 1. The number of nitrogens with one attached hydrogen (secondary N) is 2. The topological polar surface area (TPSA) is 41.1 Å². The van der Waals surface area contributed by atoms with E-state index in [-0.39, 0.29) is 22.4 Å². The van der Waals surface area contributed by atoms with Gasteiger partial charge in [0.05, 0.1) is 5.69 Å². The van der Waals surface area contributed by atoms with Crippen LogP contribution in [0.3, 0.4) is 0 Å². The molecule has 1 unspecified atom stereocenters. The van der Waals surface area contributed by atoms with Gasteiger partial charge in [0.2, 0.25) is 0 Å². The quantitative estimate of drug-likeness (QED) is 0.830. The van der Waals surface area contributed by atoms with Crippen molar-refractivity contribution in [1.82, 2.24) is 5.32 Å². The number of carbonyl (C=O) groups excluding carboxylic acids is 1. The van der Waals surface area contributed by atoms with Crippen LogP contribution in [-0.2, 0) is 6.42 Å². The third-order valence-electron chi connectivity index (χ3n) is 5.21. The highest BCUT2D eigenvalue weighted by molar-refractivity contribution is 6.01. The number of hydrogen-bond acceptors (Lipinski definition) is 3. The molecule has 2 heterocycles. The summed E-state index contributed by atoms with van der Waals surface area (Å²) in [6.45, 7) is 8.93. The first-order chi connectivity index (χ1) is 10.8. The van der Waals surface area contributed by atoms with Crippen LogP contribution >= 0.6 is 0 Å². The molecule has 2 N–H and O–H groups in total. The van der Waals surface area contributed by atoms with Crippen molar-refractivity contribution in [3.05, 3.63) is 29.1 Å². The van der Waals surface area contributed by atoms with Crippen LogP contribution in [0, 0.1) is 16.6 Å². The lowest BCUT2D eigenvalue weighted by molar-refractivity contribution is 0.0783. The number of ketones is 1. The first kappa shape index (κ1) is 16.4. The molecule has 3 rings (SSSR count). The number of benzene rings is 1. The number of hydrogen-bond donors (Lipinski definition) is 2. The van der Waals surface area contributed by atoms with E-state index in [4.69, 9.17) is 0 Å². The summed E-state index contributed by atoms with van der Waals surface area (Å²) in [5, 5.41) is 6.40. The minimum absolute atomic E-state index is 0.111. The maximum Gasteiger partial charge on any atom is 0.170 e. The fraction of sp³-hybridized carbons (Fsp3) is 0.632. The zero-order valence-electron chi connectivity index (χ0n) is 14.4.